The van der Waals surface area contributed by atoms with Crippen LogP contribution in [0.15, 0.2) is 71.6 Å². The summed E-state index contributed by atoms with van der Waals surface area (Å²) in [7, 11) is 0. The van der Waals surface area contributed by atoms with E-state index in [1.807, 2.05) is 37.3 Å². The average molecular weight is 647 g/mol. The lowest BCUT2D eigenvalue weighted by Crippen LogP contribution is -2.34. The van der Waals surface area contributed by atoms with E-state index in [-0.39, 0.29) is 18.4 Å². The van der Waals surface area contributed by atoms with E-state index in [4.69, 9.17) is 4.74 Å². The van der Waals surface area contributed by atoms with Gasteiger partial charge in [0.1, 0.15) is 5.00 Å². The third-order valence-electron chi connectivity index (χ3n) is 8.38. The third-order valence-corrected chi connectivity index (χ3v) is 10.9. The summed E-state index contributed by atoms with van der Waals surface area (Å²) >= 11 is 2.84. The minimum absolute atomic E-state index is 0.209. The molecule has 0 saturated carbocycles. The Kier molecular flexibility index (Phi) is 10.8. The molecule has 4 atom stereocenters. The van der Waals surface area contributed by atoms with Crippen molar-refractivity contribution in [3.63, 3.8) is 0 Å². The van der Waals surface area contributed by atoms with E-state index in [2.05, 4.69) is 22.8 Å². The van der Waals surface area contributed by atoms with Crippen molar-refractivity contribution in [1.82, 2.24) is 0 Å². The molecule has 0 bridgehead atoms. The number of carboxylic acids is 1. The van der Waals surface area contributed by atoms with Crippen LogP contribution in [0.5, 0.6) is 0 Å². The van der Waals surface area contributed by atoms with Crippen LogP contribution in [-0.4, -0.2) is 40.7 Å². The first kappa shape index (κ1) is 32.5. The van der Waals surface area contributed by atoms with Crippen molar-refractivity contribution in [2.45, 2.75) is 68.4 Å². The van der Waals surface area contributed by atoms with E-state index in [9.17, 15) is 24.3 Å². The molecule has 0 spiro atoms. The summed E-state index contributed by atoms with van der Waals surface area (Å²) in [4.78, 5) is 53.3. The number of allylic oxidation sites excluding steroid dienone is 2. The maximum atomic E-state index is 13.6. The predicted molar refractivity (Wildman–Crippen MR) is 178 cm³/mol. The highest BCUT2D eigenvalue weighted by atomic mass is 32.2. The lowest BCUT2D eigenvalue weighted by atomic mass is 9.82. The molecule has 10 heteroatoms. The maximum Gasteiger partial charge on any atom is 0.341 e. The molecule has 5 rings (SSSR count). The quantitative estimate of drug-likeness (QED) is 0.113. The van der Waals surface area contributed by atoms with Gasteiger partial charge in [-0.25, -0.2) is 4.79 Å². The molecule has 2 aromatic carbocycles. The highest BCUT2D eigenvalue weighted by molar-refractivity contribution is 8.00. The number of ether oxygens (including phenoxy) is 1. The van der Waals surface area contributed by atoms with Crippen molar-refractivity contribution in [2.24, 2.45) is 11.8 Å². The lowest BCUT2D eigenvalue weighted by molar-refractivity contribution is -0.146. The molecule has 236 valence electrons. The molecular formula is C35H38N2O6S2. The smallest absolute Gasteiger partial charge is 0.341 e. The number of thiophene rings is 1. The molecule has 8 nitrogen and oxygen atoms in total. The number of aliphatic carboxylic acids is 1. The molecule has 0 saturated heterocycles. The molecule has 3 N–H and O–H groups in total. The number of hydrogen-bond acceptors (Lipinski definition) is 7. The van der Waals surface area contributed by atoms with Crippen molar-refractivity contribution in [2.75, 3.05) is 17.2 Å². The van der Waals surface area contributed by atoms with Gasteiger partial charge in [0.2, 0.25) is 11.8 Å². The molecule has 2 aliphatic rings. The predicted octanol–water partition coefficient (Wildman–Crippen LogP) is 7.31. The first-order chi connectivity index (χ1) is 21.8. The zero-order valence-corrected chi connectivity index (χ0v) is 27.0. The monoisotopic (exact) mass is 646 g/mol. The Morgan fingerprint density at radius 2 is 1.76 bits per heavy atom. The van der Waals surface area contributed by atoms with E-state index >= 15 is 0 Å². The summed E-state index contributed by atoms with van der Waals surface area (Å²) in [6.45, 7) is 3.96. The summed E-state index contributed by atoms with van der Waals surface area (Å²) in [5, 5.41) is 15.6. The highest BCUT2D eigenvalue weighted by Gasteiger charge is 2.34. The lowest BCUT2D eigenvalue weighted by Gasteiger charge is -2.24. The van der Waals surface area contributed by atoms with Gasteiger partial charge in [-0.1, -0.05) is 55.5 Å². The van der Waals surface area contributed by atoms with Gasteiger partial charge in [-0.15, -0.1) is 23.1 Å². The molecule has 0 fully saturated rings. The second kappa shape index (κ2) is 14.9. The van der Waals surface area contributed by atoms with Gasteiger partial charge in [0, 0.05) is 15.5 Å². The summed E-state index contributed by atoms with van der Waals surface area (Å²) in [6.07, 6.45) is 7.36. The molecule has 45 heavy (non-hydrogen) atoms. The number of anilines is 2. The fourth-order valence-corrected chi connectivity index (χ4v) is 8.37. The summed E-state index contributed by atoms with van der Waals surface area (Å²) in [5.74, 6) is -2.98. The number of fused-ring (bicyclic) bond motifs is 1. The number of rotatable bonds is 11. The Labute approximate surface area is 271 Å². The molecule has 1 heterocycles. The number of esters is 1. The fourth-order valence-electron chi connectivity index (χ4n) is 6.04. The van der Waals surface area contributed by atoms with E-state index in [0.717, 1.165) is 34.6 Å². The van der Waals surface area contributed by atoms with Crippen LogP contribution in [-0.2, 0) is 32.0 Å². The molecule has 1 aromatic heterocycles. The first-order valence-electron chi connectivity index (χ1n) is 15.4. The van der Waals surface area contributed by atoms with Crippen molar-refractivity contribution < 1.29 is 29.0 Å². The number of nitrogens with one attached hydrogen (secondary N) is 2. The minimum atomic E-state index is -0.977. The van der Waals surface area contributed by atoms with Gasteiger partial charge in [-0.3, -0.25) is 14.4 Å². The van der Waals surface area contributed by atoms with Gasteiger partial charge in [0.05, 0.1) is 29.3 Å². The molecule has 4 unspecified atom stereocenters. The second-order valence-electron chi connectivity index (χ2n) is 11.3. The Balaban J connectivity index is 1.30. The third kappa shape index (κ3) is 7.68. The number of carbonyl (C=O) groups is 4. The van der Waals surface area contributed by atoms with Crippen LogP contribution in [0.3, 0.4) is 0 Å². The van der Waals surface area contributed by atoms with Crippen LogP contribution < -0.4 is 10.6 Å². The Morgan fingerprint density at radius 1 is 1.00 bits per heavy atom. The van der Waals surface area contributed by atoms with Crippen LogP contribution >= 0.6 is 23.1 Å². The van der Waals surface area contributed by atoms with Crippen LogP contribution in [0, 0.1) is 11.8 Å². The minimum Gasteiger partial charge on any atom is -0.481 e. The van der Waals surface area contributed by atoms with Gasteiger partial charge in [0.15, 0.2) is 0 Å². The van der Waals surface area contributed by atoms with Crippen molar-refractivity contribution in [1.29, 1.82) is 0 Å². The van der Waals surface area contributed by atoms with E-state index in [1.54, 1.807) is 31.2 Å². The Morgan fingerprint density at radius 3 is 2.47 bits per heavy atom. The first-order valence-corrected chi connectivity index (χ1v) is 17.1. The molecule has 3 aromatic rings. The number of amides is 2. The SMILES string of the molecule is CCOC(=O)c1c(NC(=O)C(CC)Sc2cccc(NC(=O)C3CC=CCC3C(=O)O)c2)sc2c1CCC(c1ccccc1)C2. The van der Waals surface area contributed by atoms with Crippen molar-refractivity contribution in [3.05, 3.63) is 88.3 Å². The molecule has 0 aliphatic heterocycles. The van der Waals surface area contributed by atoms with Crippen LogP contribution in [0.2, 0.25) is 0 Å². The topological polar surface area (TPSA) is 122 Å². The Bertz CT molecular complexity index is 1580. The van der Waals surface area contributed by atoms with E-state index < -0.39 is 29.0 Å². The van der Waals surface area contributed by atoms with Crippen molar-refractivity contribution in [3.8, 4) is 0 Å². The number of hydrogen-bond donors (Lipinski definition) is 3. The van der Waals surface area contributed by atoms with Gasteiger partial charge in [-0.2, -0.15) is 0 Å². The number of thioether (sulfide) groups is 1. The summed E-state index contributed by atoms with van der Waals surface area (Å²) in [6, 6.07) is 17.6. The van der Waals surface area contributed by atoms with Gasteiger partial charge in [-0.05, 0) is 80.7 Å². The van der Waals surface area contributed by atoms with Crippen molar-refractivity contribution >= 4 is 57.5 Å². The Hall–Kier alpha value is -3.89. The normalized spacial score (nSPS) is 19.6. The zero-order valence-electron chi connectivity index (χ0n) is 25.4. The van der Waals surface area contributed by atoms with Gasteiger partial charge in [0.25, 0.3) is 0 Å². The van der Waals surface area contributed by atoms with Crippen LogP contribution in [0.25, 0.3) is 0 Å². The second-order valence-corrected chi connectivity index (χ2v) is 13.7. The maximum absolute atomic E-state index is 13.6. The summed E-state index contributed by atoms with van der Waals surface area (Å²) < 4.78 is 5.42. The average Bonchev–Trinajstić information content (AvgIpc) is 3.41. The summed E-state index contributed by atoms with van der Waals surface area (Å²) in [5.41, 5.74) is 3.27. The van der Waals surface area contributed by atoms with Gasteiger partial charge < -0.3 is 20.5 Å². The standard InChI is InChI=1S/C35H38N2O6S2/c1-3-28(44-24-14-10-13-23(20-24)36-31(38)25-15-8-9-16-26(25)34(40)41)32(39)37-33-30(35(42)43-4-2)27-18-17-22(19-29(27)45-33)21-11-6-5-7-12-21/h5-14,20,22,25-26,28H,3-4,15-19H2,1-2H3,(H,36,38)(H,37,39)(H,40,41). The largest absolute Gasteiger partial charge is 0.481 e. The number of benzene rings is 2. The molecular weight excluding hydrogens is 609 g/mol. The molecule has 0 radical (unpaired) electrons. The van der Waals surface area contributed by atoms with E-state index in [0.29, 0.717) is 41.4 Å². The van der Waals surface area contributed by atoms with Crippen LogP contribution in [0.1, 0.15) is 71.8 Å². The number of carboxylic acid groups (broad SMARTS) is 1. The van der Waals surface area contributed by atoms with Crippen LogP contribution in [0.4, 0.5) is 10.7 Å². The van der Waals surface area contributed by atoms with E-state index in [1.165, 1.54) is 28.7 Å². The number of carbonyl (C=O) groups excluding carboxylic acids is 3. The highest BCUT2D eigenvalue weighted by Crippen LogP contribution is 2.43. The zero-order chi connectivity index (χ0) is 31.9. The molecule has 2 aliphatic carbocycles. The molecule has 2 amide bonds. The fraction of sp³-hybridized carbons (Fsp3) is 0.371. The van der Waals surface area contributed by atoms with Gasteiger partial charge >= 0.3 is 11.9 Å².